The van der Waals surface area contributed by atoms with Gasteiger partial charge in [0.1, 0.15) is 5.58 Å². The van der Waals surface area contributed by atoms with Crippen molar-refractivity contribution in [3.05, 3.63) is 58.4 Å². The van der Waals surface area contributed by atoms with Gasteiger partial charge in [-0.25, -0.2) is 4.79 Å². The molecule has 114 valence electrons. The maximum absolute atomic E-state index is 11.8. The van der Waals surface area contributed by atoms with E-state index in [0.717, 1.165) is 41.3 Å². The lowest BCUT2D eigenvalue weighted by Crippen LogP contribution is -2.17. The molecule has 0 radical (unpaired) electrons. The van der Waals surface area contributed by atoms with Gasteiger partial charge >= 0.3 is 5.63 Å². The molecule has 3 aromatic rings. The second-order valence-corrected chi connectivity index (χ2v) is 5.27. The first-order chi connectivity index (χ1) is 10.8. The van der Waals surface area contributed by atoms with E-state index in [9.17, 15) is 4.79 Å². The van der Waals surface area contributed by atoms with Crippen molar-refractivity contribution in [1.29, 1.82) is 0 Å². The minimum atomic E-state index is -0.309. The summed E-state index contributed by atoms with van der Waals surface area (Å²) in [6.45, 7) is 2.22. The average Bonchev–Trinajstić information content (AvgIpc) is 2.54. The van der Waals surface area contributed by atoms with Gasteiger partial charge in [0.15, 0.2) is 0 Å². The second-order valence-electron chi connectivity index (χ2n) is 5.27. The molecule has 1 aromatic heterocycles. The molecule has 2 aromatic carbocycles. The van der Waals surface area contributed by atoms with E-state index in [4.69, 9.17) is 9.15 Å². The molecule has 1 N–H and O–H groups in total. The molecule has 1 heterocycles. The van der Waals surface area contributed by atoms with E-state index in [1.54, 1.807) is 13.2 Å². The molecule has 3 rings (SSSR count). The van der Waals surface area contributed by atoms with Crippen LogP contribution in [0.4, 0.5) is 0 Å². The number of rotatable bonds is 6. The molecule has 0 amide bonds. The lowest BCUT2D eigenvalue weighted by atomic mass is 10.0. The van der Waals surface area contributed by atoms with E-state index in [-0.39, 0.29) is 5.63 Å². The summed E-state index contributed by atoms with van der Waals surface area (Å²) in [4.78, 5) is 11.8. The van der Waals surface area contributed by atoms with Gasteiger partial charge in [0.25, 0.3) is 0 Å². The summed E-state index contributed by atoms with van der Waals surface area (Å²) in [5.74, 6) is 0. The summed E-state index contributed by atoms with van der Waals surface area (Å²) in [6.07, 6.45) is 0.941. The molecule has 0 spiro atoms. The first-order valence-electron chi connectivity index (χ1n) is 7.44. The Labute approximate surface area is 128 Å². The van der Waals surface area contributed by atoms with Crippen LogP contribution in [0.1, 0.15) is 12.0 Å². The fraction of sp³-hybridized carbons (Fsp3) is 0.278. The van der Waals surface area contributed by atoms with Crippen LogP contribution in [0.5, 0.6) is 0 Å². The normalized spacial score (nSPS) is 11.3. The molecule has 22 heavy (non-hydrogen) atoms. The van der Waals surface area contributed by atoms with E-state index >= 15 is 0 Å². The van der Waals surface area contributed by atoms with Crippen molar-refractivity contribution >= 4 is 21.7 Å². The van der Waals surface area contributed by atoms with Crippen molar-refractivity contribution in [3.8, 4) is 0 Å². The summed E-state index contributed by atoms with van der Waals surface area (Å²) in [7, 11) is 1.70. The van der Waals surface area contributed by atoms with Crippen LogP contribution in [0, 0.1) is 0 Å². The third-order valence-corrected chi connectivity index (χ3v) is 3.73. The largest absolute Gasteiger partial charge is 0.423 e. The number of methoxy groups -OCH3 is 1. The van der Waals surface area contributed by atoms with Crippen molar-refractivity contribution in [1.82, 2.24) is 5.32 Å². The highest BCUT2D eigenvalue weighted by Gasteiger charge is 2.09. The van der Waals surface area contributed by atoms with Gasteiger partial charge < -0.3 is 14.5 Å². The van der Waals surface area contributed by atoms with Gasteiger partial charge in [0.05, 0.1) is 0 Å². The Morgan fingerprint density at radius 2 is 2.05 bits per heavy atom. The van der Waals surface area contributed by atoms with Gasteiger partial charge in [-0.15, -0.1) is 0 Å². The minimum Gasteiger partial charge on any atom is -0.423 e. The Bertz CT molecular complexity index is 838. The minimum absolute atomic E-state index is 0.309. The van der Waals surface area contributed by atoms with Crippen molar-refractivity contribution in [2.45, 2.75) is 13.0 Å². The molecule has 0 bridgehead atoms. The zero-order valence-corrected chi connectivity index (χ0v) is 12.6. The molecule has 0 aliphatic rings. The van der Waals surface area contributed by atoms with E-state index in [1.165, 1.54) is 0 Å². The van der Waals surface area contributed by atoms with Crippen LogP contribution in [0.15, 0.2) is 51.7 Å². The fourth-order valence-electron chi connectivity index (χ4n) is 2.72. The van der Waals surface area contributed by atoms with Crippen LogP contribution < -0.4 is 10.9 Å². The van der Waals surface area contributed by atoms with E-state index in [0.29, 0.717) is 12.1 Å². The second kappa shape index (κ2) is 6.73. The highest BCUT2D eigenvalue weighted by Crippen LogP contribution is 2.27. The Morgan fingerprint density at radius 3 is 2.91 bits per heavy atom. The summed E-state index contributed by atoms with van der Waals surface area (Å²) in [6, 6.07) is 13.6. The number of fused-ring (bicyclic) bond motifs is 3. The van der Waals surface area contributed by atoms with Gasteiger partial charge in [-0.2, -0.15) is 0 Å². The summed E-state index contributed by atoms with van der Waals surface area (Å²) in [5.41, 5.74) is 1.30. The van der Waals surface area contributed by atoms with Gasteiger partial charge in [0, 0.05) is 31.7 Å². The molecule has 4 nitrogen and oxygen atoms in total. The first kappa shape index (κ1) is 14.8. The Kier molecular flexibility index (Phi) is 4.51. The van der Waals surface area contributed by atoms with Gasteiger partial charge in [-0.1, -0.05) is 30.3 Å². The quantitative estimate of drug-likeness (QED) is 0.431. The van der Waals surface area contributed by atoms with Crippen LogP contribution in [0.25, 0.3) is 21.7 Å². The molecule has 0 aliphatic heterocycles. The smallest absolute Gasteiger partial charge is 0.336 e. The lowest BCUT2D eigenvalue weighted by molar-refractivity contribution is 0.194. The SMILES string of the molecule is COCCCNCc1cc(=O)oc2ccc3ccccc3c12. The average molecular weight is 297 g/mol. The van der Waals surface area contributed by atoms with E-state index in [2.05, 4.69) is 17.4 Å². The Balaban J connectivity index is 2.00. The number of hydrogen-bond donors (Lipinski definition) is 1. The van der Waals surface area contributed by atoms with Crippen molar-refractivity contribution in [3.63, 3.8) is 0 Å². The molecule has 0 atom stereocenters. The standard InChI is InChI=1S/C18H19NO3/c1-21-10-4-9-19-12-14-11-17(20)22-16-8-7-13-5-2-3-6-15(13)18(14)16/h2-3,5-8,11,19H,4,9-10,12H2,1H3. The monoisotopic (exact) mass is 297 g/mol. The van der Waals surface area contributed by atoms with Gasteiger partial charge in [-0.05, 0) is 35.4 Å². The first-order valence-corrected chi connectivity index (χ1v) is 7.44. The number of hydrogen-bond acceptors (Lipinski definition) is 4. The molecule has 0 unspecified atom stereocenters. The molecule has 4 heteroatoms. The number of benzene rings is 2. The third-order valence-electron chi connectivity index (χ3n) is 3.73. The lowest BCUT2D eigenvalue weighted by Gasteiger charge is -2.09. The van der Waals surface area contributed by atoms with E-state index in [1.807, 2.05) is 24.3 Å². The van der Waals surface area contributed by atoms with Gasteiger partial charge in [-0.3, -0.25) is 0 Å². The van der Waals surface area contributed by atoms with Crippen molar-refractivity contribution in [2.24, 2.45) is 0 Å². The maximum Gasteiger partial charge on any atom is 0.336 e. The molecular weight excluding hydrogens is 278 g/mol. The van der Waals surface area contributed by atoms with E-state index < -0.39 is 0 Å². The molecule has 0 saturated heterocycles. The van der Waals surface area contributed by atoms with Crippen LogP contribution in [0.3, 0.4) is 0 Å². The molecule has 0 aliphatic carbocycles. The Hall–Kier alpha value is -2.17. The van der Waals surface area contributed by atoms with Crippen molar-refractivity contribution < 1.29 is 9.15 Å². The summed E-state index contributed by atoms with van der Waals surface area (Å²) < 4.78 is 10.4. The molecule has 0 fully saturated rings. The third kappa shape index (κ3) is 3.03. The van der Waals surface area contributed by atoms with Crippen LogP contribution in [-0.2, 0) is 11.3 Å². The number of ether oxygens (including phenoxy) is 1. The van der Waals surface area contributed by atoms with Crippen LogP contribution in [-0.4, -0.2) is 20.3 Å². The Morgan fingerprint density at radius 1 is 1.18 bits per heavy atom. The summed E-state index contributed by atoms with van der Waals surface area (Å²) >= 11 is 0. The fourth-order valence-corrected chi connectivity index (χ4v) is 2.72. The maximum atomic E-state index is 11.8. The predicted octanol–water partition coefficient (Wildman–Crippen LogP) is 3.07. The van der Waals surface area contributed by atoms with Crippen LogP contribution >= 0.6 is 0 Å². The summed E-state index contributed by atoms with van der Waals surface area (Å²) in [5, 5.41) is 6.62. The zero-order valence-electron chi connectivity index (χ0n) is 12.6. The predicted molar refractivity (Wildman–Crippen MR) is 88.2 cm³/mol. The van der Waals surface area contributed by atoms with Gasteiger partial charge in [0.2, 0.25) is 0 Å². The van der Waals surface area contributed by atoms with Crippen molar-refractivity contribution in [2.75, 3.05) is 20.3 Å². The highest BCUT2D eigenvalue weighted by molar-refractivity contribution is 6.07. The highest BCUT2D eigenvalue weighted by atomic mass is 16.5. The molecule has 0 saturated carbocycles. The zero-order chi connectivity index (χ0) is 15.4. The molecular formula is C18H19NO3. The van der Waals surface area contributed by atoms with Crippen LogP contribution in [0.2, 0.25) is 0 Å². The topological polar surface area (TPSA) is 51.5 Å². The number of nitrogens with one attached hydrogen (secondary N) is 1.